The molecule has 2 aliphatic heterocycles. The third-order valence-corrected chi connectivity index (χ3v) is 7.29. The molecule has 0 saturated heterocycles. The van der Waals surface area contributed by atoms with Gasteiger partial charge in [-0.3, -0.25) is 9.59 Å². The van der Waals surface area contributed by atoms with Gasteiger partial charge >= 0.3 is 0 Å². The van der Waals surface area contributed by atoms with Crippen molar-refractivity contribution in [1.82, 2.24) is 9.80 Å². The Morgan fingerprint density at radius 2 is 1.62 bits per heavy atom. The van der Waals surface area contributed by atoms with Gasteiger partial charge in [-0.2, -0.15) is 0 Å². The van der Waals surface area contributed by atoms with Crippen LogP contribution in [-0.4, -0.2) is 59.1 Å². The number of phenolic OH excluding ortho intramolecular Hbond substituents is 2. The van der Waals surface area contributed by atoms with Crippen LogP contribution < -0.4 is 9.47 Å². The molecule has 4 rings (SSSR count). The first-order chi connectivity index (χ1) is 16.1. The van der Waals surface area contributed by atoms with Crippen molar-refractivity contribution in [3.8, 4) is 34.1 Å². The predicted molar refractivity (Wildman–Crippen MR) is 127 cm³/mol. The lowest BCUT2D eigenvalue weighted by molar-refractivity contribution is -0.131. The summed E-state index contributed by atoms with van der Waals surface area (Å²) in [6, 6.07) is 1.55. The molecule has 0 aromatic heterocycles. The minimum Gasteiger partial charge on any atom is -0.504 e. The Hall–Kier alpha value is -3.42. The number of fused-ring (bicyclic) bond motifs is 2. The Morgan fingerprint density at radius 1 is 0.971 bits per heavy atom. The molecule has 2 heterocycles. The summed E-state index contributed by atoms with van der Waals surface area (Å²) in [5.41, 5.74) is 5.35. The third-order valence-electron chi connectivity index (χ3n) is 7.29. The normalized spacial score (nSPS) is 17.2. The third kappa shape index (κ3) is 3.52. The topological polar surface area (TPSA) is 99.5 Å². The molecular weight excluding hydrogens is 436 g/mol. The minimum atomic E-state index is -0.216. The Labute approximate surface area is 199 Å². The van der Waals surface area contributed by atoms with Gasteiger partial charge in [0.05, 0.1) is 20.3 Å². The number of carbonyl (C=O) groups excluding carboxylic acids is 2. The van der Waals surface area contributed by atoms with Crippen molar-refractivity contribution in [3.63, 3.8) is 0 Å². The second-order valence-corrected chi connectivity index (χ2v) is 9.04. The number of benzene rings is 2. The number of nitrogens with zero attached hydrogens (tertiary/aromatic N) is 2. The van der Waals surface area contributed by atoms with Crippen LogP contribution in [0.4, 0.5) is 0 Å². The molecule has 8 heteroatoms. The van der Waals surface area contributed by atoms with E-state index < -0.39 is 0 Å². The number of hydrogen-bond acceptors (Lipinski definition) is 6. The summed E-state index contributed by atoms with van der Waals surface area (Å²) >= 11 is 0. The SMILES string of the molecule is COc1cc2c(c(-c3c(O)c(OC)c(C)c4c3CCN(C(C)=O)C4C)c1O)CCN(C(C)=O)C2. The zero-order chi connectivity index (χ0) is 24.9. The fourth-order valence-electron chi connectivity index (χ4n) is 5.67. The van der Waals surface area contributed by atoms with Crippen molar-refractivity contribution < 1.29 is 29.3 Å². The highest BCUT2D eigenvalue weighted by molar-refractivity contribution is 5.89. The van der Waals surface area contributed by atoms with Crippen LogP contribution in [0.1, 0.15) is 54.6 Å². The van der Waals surface area contributed by atoms with Crippen LogP contribution >= 0.6 is 0 Å². The van der Waals surface area contributed by atoms with Gasteiger partial charge in [0.2, 0.25) is 11.8 Å². The zero-order valence-corrected chi connectivity index (χ0v) is 20.6. The van der Waals surface area contributed by atoms with E-state index in [9.17, 15) is 19.8 Å². The Morgan fingerprint density at radius 3 is 2.21 bits per heavy atom. The van der Waals surface area contributed by atoms with Gasteiger partial charge in [-0.1, -0.05) is 0 Å². The number of aromatic hydroxyl groups is 2. The molecule has 2 aromatic carbocycles. The van der Waals surface area contributed by atoms with Gasteiger partial charge in [0.15, 0.2) is 23.0 Å². The van der Waals surface area contributed by atoms with Gasteiger partial charge in [0.25, 0.3) is 0 Å². The van der Waals surface area contributed by atoms with Crippen LogP contribution in [0.2, 0.25) is 0 Å². The van der Waals surface area contributed by atoms with Crippen LogP contribution in [-0.2, 0) is 29.0 Å². The number of amides is 2. The predicted octanol–water partition coefficient (Wildman–Crippen LogP) is 3.46. The van der Waals surface area contributed by atoms with E-state index in [2.05, 4.69) is 0 Å². The highest BCUT2D eigenvalue weighted by Gasteiger charge is 2.36. The molecule has 0 fully saturated rings. The molecule has 2 aromatic rings. The first-order valence-corrected chi connectivity index (χ1v) is 11.5. The molecule has 1 atom stereocenters. The lowest BCUT2D eigenvalue weighted by Crippen LogP contribution is -2.38. The molecule has 0 radical (unpaired) electrons. The smallest absolute Gasteiger partial charge is 0.219 e. The fraction of sp³-hybridized carbons (Fsp3) is 0.462. The van der Waals surface area contributed by atoms with E-state index in [1.807, 2.05) is 13.8 Å². The monoisotopic (exact) mass is 468 g/mol. The molecule has 2 N–H and O–H groups in total. The number of rotatable bonds is 3. The lowest BCUT2D eigenvalue weighted by atomic mass is 9.80. The molecule has 34 heavy (non-hydrogen) atoms. The lowest BCUT2D eigenvalue weighted by Gasteiger charge is -2.38. The first kappa shape index (κ1) is 23.7. The number of carbonyl (C=O) groups is 2. The molecule has 0 saturated carbocycles. The molecule has 2 aliphatic rings. The average molecular weight is 469 g/mol. The van der Waals surface area contributed by atoms with Gasteiger partial charge in [0, 0.05) is 50.2 Å². The molecule has 182 valence electrons. The molecule has 0 aliphatic carbocycles. The van der Waals surface area contributed by atoms with E-state index in [4.69, 9.17) is 9.47 Å². The molecule has 0 spiro atoms. The van der Waals surface area contributed by atoms with Crippen molar-refractivity contribution in [1.29, 1.82) is 0 Å². The molecular formula is C26H32N2O6. The molecule has 8 nitrogen and oxygen atoms in total. The molecule has 1 unspecified atom stereocenters. The van der Waals surface area contributed by atoms with Crippen LogP contribution in [0.3, 0.4) is 0 Å². The quantitative estimate of drug-likeness (QED) is 0.716. The van der Waals surface area contributed by atoms with Gasteiger partial charge in [-0.25, -0.2) is 0 Å². The summed E-state index contributed by atoms with van der Waals surface area (Å²) in [6.07, 6.45) is 1.05. The van der Waals surface area contributed by atoms with Crippen LogP contribution in [0.25, 0.3) is 11.1 Å². The maximum Gasteiger partial charge on any atom is 0.219 e. The van der Waals surface area contributed by atoms with Gasteiger partial charge in [-0.05, 0) is 55.0 Å². The van der Waals surface area contributed by atoms with Gasteiger partial charge < -0.3 is 29.5 Å². The number of hydrogen-bond donors (Lipinski definition) is 2. The number of phenols is 2. The van der Waals surface area contributed by atoms with Crippen LogP contribution in [0.5, 0.6) is 23.0 Å². The summed E-state index contributed by atoms with van der Waals surface area (Å²) in [4.78, 5) is 27.9. The highest BCUT2D eigenvalue weighted by atomic mass is 16.5. The maximum atomic E-state index is 12.3. The second-order valence-electron chi connectivity index (χ2n) is 9.04. The molecule has 0 bridgehead atoms. The zero-order valence-electron chi connectivity index (χ0n) is 20.6. The van der Waals surface area contributed by atoms with E-state index in [0.717, 1.165) is 27.8 Å². The van der Waals surface area contributed by atoms with Crippen molar-refractivity contribution in [2.24, 2.45) is 0 Å². The molecule has 2 amide bonds. The fourth-order valence-corrected chi connectivity index (χ4v) is 5.67. The summed E-state index contributed by atoms with van der Waals surface area (Å²) in [6.45, 7) is 8.37. The summed E-state index contributed by atoms with van der Waals surface area (Å²) < 4.78 is 11.1. The maximum absolute atomic E-state index is 12.3. The van der Waals surface area contributed by atoms with Crippen LogP contribution in [0.15, 0.2) is 6.07 Å². The Bertz CT molecular complexity index is 1190. The van der Waals surface area contributed by atoms with Crippen molar-refractivity contribution in [2.75, 3.05) is 27.3 Å². The van der Waals surface area contributed by atoms with Crippen molar-refractivity contribution in [3.05, 3.63) is 33.9 Å². The Balaban J connectivity index is 2.06. The van der Waals surface area contributed by atoms with Gasteiger partial charge in [-0.15, -0.1) is 0 Å². The second kappa shape index (κ2) is 8.74. The van der Waals surface area contributed by atoms with E-state index in [-0.39, 0.29) is 35.1 Å². The van der Waals surface area contributed by atoms with E-state index in [0.29, 0.717) is 49.4 Å². The Kier molecular flexibility index (Phi) is 6.10. The summed E-state index contributed by atoms with van der Waals surface area (Å²) in [5.74, 6) is 0.473. The highest BCUT2D eigenvalue weighted by Crippen LogP contribution is 2.54. The summed E-state index contributed by atoms with van der Waals surface area (Å²) in [5, 5.41) is 22.8. The van der Waals surface area contributed by atoms with E-state index in [1.165, 1.54) is 14.2 Å². The minimum absolute atomic E-state index is 0.0166. The van der Waals surface area contributed by atoms with E-state index in [1.54, 1.807) is 29.7 Å². The van der Waals surface area contributed by atoms with Gasteiger partial charge in [0.1, 0.15) is 0 Å². The summed E-state index contributed by atoms with van der Waals surface area (Å²) in [7, 11) is 2.98. The first-order valence-electron chi connectivity index (χ1n) is 11.5. The van der Waals surface area contributed by atoms with E-state index >= 15 is 0 Å². The number of methoxy groups -OCH3 is 2. The average Bonchev–Trinajstić information content (AvgIpc) is 2.79. The number of ether oxygens (including phenoxy) is 2. The van der Waals surface area contributed by atoms with Crippen molar-refractivity contribution >= 4 is 11.8 Å². The largest absolute Gasteiger partial charge is 0.504 e. The standard InChI is InChI=1S/C26H32N2O6/c1-13-21-14(2)28(16(4)30)10-8-19(21)23(25(32)26(13)34-6)22-18-7-9-27(15(3)29)12-17(18)11-20(33-5)24(22)31/h11,14,31-32H,7-10,12H2,1-6H3. The van der Waals surface area contributed by atoms with Crippen LogP contribution in [0, 0.1) is 6.92 Å². The van der Waals surface area contributed by atoms with Crippen molar-refractivity contribution in [2.45, 2.75) is 53.1 Å².